The predicted molar refractivity (Wildman–Crippen MR) is 150 cm³/mol. The molecule has 0 heterocycles. The third-order valence-electron chi connectivity index (χ3n) is 6.67. The molecule has 0 unspecified atom stereocenters. The average Bonchev–Trinajstić information content (AvgIpc) is 3.65. The molecule has 51 heavy (non-hydrogen) atoms. The topological polar surface area (TPSA) is 0 Å². The van der Waals surface area contributed by atoms with E-state index in [1.807, 2.05) is 30.3 Å². The quantitative estimate of drug-likeness (QED) is 0.0813. The maximum Gasteiger partial charge on any atom is 2.00 e. The molecule has 1 atom stereocenters. The van der Waals surface area contributed by atoms with Crippen LogP contribution in [0, 0.1) is 0 Å². The van der Waals surface area contributed by atoms with E-state index in [9.17, 15) is 79.0 Å². The van der Waals surface area contributed by atoms with Gasteiger partial charge in [0, 0.05) is 0 Å². The molecule has 0 aromatic heterocycles. The van der Waals surface area contributed by atoms with Crippen LogP contribution in [-0.4, -0.2) is 11.8 Å². The van der Waals surface area contributed by atoms with Gasteiger partial charge in [-0.25, -0.2) is 24.3 Å². The van der Waals surface area contributed by atoms with E-state index in [0.717, 1.165) is 6.07 Å². The number of hydrogen-bond donors (Lipinski definition) is 0. The van der Waals surface area contributed by atoms with Gasteiger partial charge in [0.05, 0.1) is 22.3 Å². The van der Waals surface area contributed by atoms with Crippen molar-refractivity contribution in [2.24, 2.45) is 0 Å². The second kappa shape index (κ2) is 15.7. The van der Waals surface area contributed by atoms with Gasteiger partial charge in [0.25, 0.3) is 0 Å². The summed E-state index contributed by atoms with van der Waals surface area (Å²) in [4.78, 5) is 0. The summed E-state index contributed by atoms with van der Waals surface area (Å²) in [5.41, 5.74) is -12.0. The van der Waals surface area contributed by atoms with Gasteiger partial charge in [-0.15, -0.1) is 10.9 Å². The molecule has 0 radical (unpaired) electrons. The minimum Gasteiger partial charge on any atom is -0.214 e. The van der Waals surface area contributed by atoms with E-state index in [0.29, 0.717) is 19.1 Å². The second-order valence-electron chi connectivity index (χ2n) is 10.2. The molecule has 21 heteroatoms. The summed E-state index contributed by atoms with van der Waals surface area (Å²) >= 11 is 0. The summed E-state index contributed by atoms with van der Waals surface area (Å²) in [5, 5.41) is -3.41. The van der Waals surface area contributed by atoms with E-state index in [4.69, 9.17) is 0 Å². The number of rotatable bonds is 5. The Morgan fingerprint density at radius 2 is 0.863 bits per heavy atom. The predicted octanol–water partition coefficient (Wildman–Crippen LogP) is 12.2. The molecule has 282 valence electrons. The standard InChI is InChI=1S/C25H13F18P2.C5H5.Fe/c1-11(45(24(38,39)40)25(41,42)43)18-3-2-4-19(18)44(16-7-12(20(26,27)28)5-13(8-16)21(29,30)31)17-9-14(22(32,33)34)6-15(10-17)23(35,36)37;1-2-4-5-3-1;/h2-11H,1H3;1-5H;/q2*-1;+2/t11-;;/m1../s1. The Kier molecular flexibility index (Phi) is 13.7. The second-order valence-corrected chi connectivity index (χ2v) is 14.9. The van der Waals surface area contributed by atoms with Crippen LogP contribution in [0.4, 0.5) is 79.0 Å². The summed E-state index contributed by atoms with van der Waals surface area (Å²) in [6, 6.07) is 10.8. The fourth-order valence-corrected chi connectivity index (χ4v) is 9.05. The Hall–Kier alpha value is -2.74. The monoisotopic (exact) mass is 838 g/mol. The van der Waals surface area contributed by atoms with Crippen molar-refractivity contribution in [3.8, 4) is 0 Å². The minimum atomic E-state index is -5.97. The Bertz CT molecular complexity index is 1530. The molecule has 0 aliphatic rings. The first-order valence-electron chi connectivity index (χ1n) is 13.3. The van der Waals surface area contributed by atoms with Crippen molar-refractivity contribution < 1.29 is 96.1 Å². The van der Waals surface area contributed by atoms with Crippen LogP contribution >= 0.6 is 15.8 Å². The van der Waals surface area contributed by atoms with Crippen molar-refractivity contribution in [2.45, 2.75) is 49.1 Å². The molecule has 0 spiro atoms. The van der Waals surface area contributed by atoms with Gasteiger partial charge in [0.1, 0.15) is 7.92 Å². The molecule has 0 saturated carbocycles. The number of hydrogen-bond acceptors (Lipinski definition) is 0. The molecule has 0 aliphatic carbocycles. The first-order valence-corrected chi connectivity index (χ1v) is 16.0. The Morgan fingerprint density at radius 1 is 0.529 bits per heavy atom. The molecule has 0 nitrogen and oxygen atoms in total. The molecule has 0 aliphatic heterocycles. The van der Waals surface area contributed by atoms with Crippen LogP contribution < -0.4 is 15.9 Å². The van der Waals surface area contributed by atoms with Crippen molar-refractivity contribution in [1.82, 2.24) is 0 Å². The van der Waals surface area contributed by atoms with E-state index >= 15 is 0 Å². The molecule has 0 fully saturated rings. The molecule has 4 aromatic rings. The molecule has 0 saturated heterocycles. The van der Waals surface area contributed by atoms with Gasteiger partial charge < -0.3 is 0 Å². The smallest absolute Gasteiger partial charge is 0.214 e. The summed E-state index contributed by atoms with van der Waals surface area (Å²) in [7, 11) is -8.58. The van der Waals surface area contributed by atoms with Crippen LogP contribution in [0.5, 0.6) is 0 Å². The first-order chi connectivity index (χ1) is 22.5. The van der Waals surface area contributed by atoms with Gasteiger partial charge in [-0.05, 0) is 60.6 Å². The number of alkyl halides is 18. The van der Waals surface area contributed by atoms with Crippen LogP contribution in [0.15, 0.2) is 84.9 Å². The number of benzene rings is 2. The minimum absolute atomic E-state index is 0. The van der Waals surface area contributed by atoms with E-state index in [-0.39, 0.29) is 41.3 Å². The Morgan fingerprint density at radius 3 is 1.12 bits per heavy atom. The van der Waals surface area contributed by atoms with Gasteiger partial charge in [0.15, 0.2) is 0 Å². The van der Waals surface area contributed by atoms with Crippen molar-refractivity contribution in [2.75, 3.05) is 0 Å². The zero-order chi connectivity index (χ0) is 38.3. The maximum absolute atomic E-state index is 13.7. The normalized spacial score (nSPS) is 13.9. The van der Waals surface area contributed by atoms with Crippen molar-refractivity contribution >= 4 is 31.8 Å². The maximum atomic E-state index is 13.7. The third kappa shape index (κ3) is 11.4. The fourth-order valence-electron chi connectivity index (χ4n) is 4.59. The van der Waals surface area contributed by atoms with E-state index in [1.165, 1.54) is 0 Å². The van der Waals surface area contributed by atoms with Crippen LogP contribution in [0.1, 0.15) is 40.4 Å². The van der Waals surface area contributed by atoms with Crippen LogP contribution in [0.25, 0.3) is 0 Å². The zero-order valence-electron chi connectivity index (χ0n) is 24.7. The van der Waals surface area contributed by atoms with Crippen LogP contribution in [0.3, 0.4) is 0 Å². The molecule has 4 aromatic carbocycles. The molecular formula is C30H18F18FeP2. The first kappa shape index (κ1) is 44.4. The summed E-state index contributed by atoms with van der Waals surface area (Å²) < 4.78 is 245. The molecule has 0 amide bonds. The number of halogens is 18. The fraction of sp³-hybridized carbons (Fsp3) is 0.267. The van der Waals surface area contributed by atoms with Gasteiger partial charge in [-0.2, -0.15) is 103 Å². The van der Waals surface area contributed by atoms with Crippen LogP contribution in [0.2, 0.25) is 0 Å². The van der Waals surface area contributed by atoms with Gasteiger partial charge in [-0.3, -0.25) is 0 Å². The third-order valence-corrected chi connectivity index (χ3v) is 11.3. The van der Waals surface area contributed by atoms with Crippen molar-refractivity contribution in [1.29, 1.82) is 0 Å². The zero-order valence-corrected chi connectivity index (χ0v) is 27.6. The van der Waals surface area contributed by atoms with E-state index in [1.54, 1.807) is 0 Å². The van der Waals surface area contributed by atoms with Gasteiger partial charge in [-0.1, -0.05) is 6.92 Å². The largest absolute Gasteiger partial charge is 2.00 e. The molecule has 0 bridgehead atoms. The SMILES string of the molecule is C[C@H]([c-]1cccc1P(c1cc(C(F)(F)F)cc(C(F)(F)F)c1)c1cc(C(F)(F)F)cc(C(F)(F)F)c1)P(C(F)(F)F)C(F)(F)F.[Fe+2].c1cc[cH-]c1. The molecular weight excluding hydrogens is 820 g/mol. The van der Waals surface area contributed by atoms with Gasteiger partial charge >= 0.3 is 53.6 Å². The molecule has 0 N–H and O–H groups in total. The molecule has 4 rings (SSSR count). The summed E-state index contributed by atoms with van der Waals surface area (Å²) in [6.45, 7) is 0.375. The Labute approximate surface area is 289 Å². The summed E-state index contributed by atoms with van der Waals surface area (Å²) in [5.74, 6) is -11.9. The van der Waals surface area contributed by atoms with Crippen LogP contribution in [-0.2, 0) is 41.8 Å². The van der Waals surface area contributed by atoms with Gasteiger partial charge in [0.2, 0.25) is 0 Å². The van der Waals surface area contributed by atoms with E-state index < -0.39 is 114 Å². The van der Waals surface area contributed by atoms with Crippen molar-refractivity contribution in [3.05, 3.63) is 113 Å². The van der Waals surface area contributed by atoms with E-state index in [2.05, 4.69) is 0 Å². The Balaban J connectivity index is 0.00000138. The van der Waals surface area contributed by atoms with Crippen molar-refractivity contribution in [3.63, 3.8) is 0 Å². The average molecular weight is 838 g/mol. The summed E-state index contributed by atoms with van der Waals surface area (Å²) in [6.07, 6.45) is -22.4.